The number of aliphatic imine (C=N–C) groups is 1. The minimum absolute atomic E-state index is 0.343. The highest BCUT2D eigenvalue weighted by atomic mass is 32.2. The molecule has 0 spiro atoms. The lowest BCUT2D eigenvalue weighted by Gasteiger charge is -2.12. The van der Waals surface area contributed by atoms with E-state index in [4.69, 9.17) is 0 Å². The fourth-order valence-electron chi connectivity index (χ4n) is 3.08. The molecule has 1 heterocycles. The third-order valence-corrected chi connectivity index (χ3v) is 5.90. The molecule has 31 heavy (non-hydrogen) atoms. The number of rotatable bonds is 9. The van der Waals surface area contributed by atoms with Crippen LogP contribution >= 0.6 is 0 Å². The Hall–Kier alpha value is -3.13. The zero-order valence-corrected chi connectivity index (χ0v) is 18.8. The molecule has 1 aromatic heterocycles. The smallest absolute Gasteiger partial charge is 0.191 e. The van der Waals surface area contributed by atoms with Gasteiger partial charge in [0.15, 0.2) is 15.8 Å². The molecule has 164 valence electrons. The number of benzene rings is 2. The van der Waals surface area contributed by atoms with E-state index >= 15 is 0 Å². The van der Waals surface area contributed by atoms with Crippen molar-refractivity contribution in [1.82, 2.24) is 20.2 Å². The lowest BCUT2D eigenvalue weighted by atomic mass is 10.1. The number of guanidine groups is 1. The summed E-state index contributed by atoms with van der Waals surface area (Å²) in [5, 5.41) is 6.59. The van der Waals surface area contributed by atoms with E-state index in [1.165, 1.54) is 11.8 Å². The van der Waals surface area contributed by atoms with E-state index < -0.39 is 9.84 Å². The predicted molar refractivity (Wildman–Crippen MR) is 124 cm³/mol. The van der Waals surface area contributed by atoms with E-state index in [9.17, 15) is 8.42 Å². The number of imidazole rings is 1. The highest BCUT2D eigenvalue weighted by Crippen LogP contribution is 2.11. The summed E-state index contributed by atoms with van der Waals surface area (Å²) in [6.45, 7) is 4.90. The SMILES string of the molecule is CCNC(=NCc1ccc(Cn2ccnc2)cc1)NCCc1ccc(S(C)(=O)=O)cc1. The summed E-state index contributed by atoms with van der Waals surface area (Å²) in [7, 11) is -3.16. The van der Waals surface area contributed by atoms with Crippen molar-refractivity contribution in [2.75, 3.05) is 19.3 Å². The van der Waals surface area contributed by atoms with Gasteiger partial charge >= 0.3 is 0 Å². The summed E-state index contributed by atoms with van der Waals surface area (Å²) < 4.78 is 25.2. The zero-order chi connectivity index (χ0) is 22.1. The second-order valence-corrected chi connectivity index (χ2v) is 9.36. The van der Waals surface area contributed by atoms with Crippen molar-refractivity contribution in [2.45, 2.75) is 31.3 Å². The second kappa shape index (κ2) is 10.8. The Morgan fingerprint density at radius 2 is 1.68 bits per heavy atom. The third kappa shape index (κ3) is 7.25. The molecule has 0 saturated heterocycles. The van der Waals surface area contributed by atoms with Crippen molar-refractivity contribution in [3.8, 4) is 0 Å². The van der Waals surface area contributed by atoms with Crippen LogP contribution in [0.15, 0.2) is 77.1 Å². The molecule has 7 nitrogen and oxygen atoms in total. The molecule has 0 bridgehead atoms. The lowest BCUT2D eigenvalue weighted by Crippen LogP contribution is -2.38. The molecule has 0 radical (unpaired) electrons. The predicted octanol–water partition coefficient (Wildman–Crippen LogP) is 2.63. The molecule has 0 amide bonds. The Bertz CT molecular complexity index is 1070. The summed E-state index contributed by atoms with van der Waals surface area (Å²) in [6.07, 6.45) is 7.54. The van der Waals surface area contributed by atoms with E-state index in [1.54, 1.807) is 18.3 Å². The normalized spacial score (nSPS) is 12.0. The monoisotopic (exact) mass is 439 g/mol. The van der Waals surface area contributed by atoms with Gasteiger partial charge in [0.1, 0.15) is 0 Å². The van der Waals surface area contributed by atoms with Gasteiger partial charge in [0.25, 0.3) is 0 Å². The molecular formula is C23H29N5O2S. The van der Waals surface area contributed by atoms with Gasteiger partial charge in [-0.25, -0.2) is 18.4 Å². The highest BCUT2D eigenvalue weighted by Gasteiger charge is 2.06. The Kier molecular flexibility index (Phi) is 7.83. The van der Waals surface area contributed by atoms with Crippen molar-refractivity contribution < 1.29 is 8.42 Å². The van der Waals surface area contributed by atoms with Crippen LogP contribution in [-0.2, 0) is 29.3 Å². The maximum absolute atomic E-state index is 11.6. The summed E-state index contributed by atoms with van der Waals surface area (Å²) in [6, 6.07) is 15.4. The number of sulfone groups is 1. The molecule has 2 aromatic carbocycles. The average Bonchev–Trinajstić information content (AvgIpc) is 3.26. The molecule has 0 aliphatic heterocycles. The molecule has 8 heteroatoms. The number of nitrogens with one attached hydrogen (secondary N) is 2. The molecular weight excluding hydrogens is 410 g/mol. The van der Waals surface area contributed by atoms with Crippen molar-refractivity contribution in [3.63, 3.8) is 0 Å². The van der Waals surface area contributed by atoms with E-state index in [2.05, 4.69) is 44.9 Å². The highest BCUT2D eigenvalue weighted by molar-refractivity contribution is 7.90. The number of hydrogen-bond donors (Lipinski definition) is 2. The van der Waals surface area contributed by atoms with Crippen molar-refractivity contribution in [1.29, 1.82) is 0 Å². The maximum atomic E-state index is 11.6. The quantitative estimate of drug-likeness (QED) is 0.395. The standard InChI is InChI=1S/C23H29N5O2S/c1-3-25-23(26-13-12-19-8-10-22(11-9-19)31(2,29)30)27-16-20-4-6-21(7-5-20)17-28-15-14-24-18-28/h4-11,14-15,18H,3,12-13,16-17H2,1-2H3,(H2,25,26,27). The van der Waals surface area contributed by atoms with Crippen molar-refractivity contribution >= 4 is 15.8 Å². The van der Waals surface area contributed by atoms with Gasteiger partial charge in [0, 0.05) is 38.3 Å². The van der Waals surface area contributed by atoms with Crippen LogP contribution < -0.4 is 10.6 Å². The summed E-state index contributed by atoms with van der Waals surface area (Å²) in [5.74, 6) is 0.762. The van der Waals surface area contributed by atoms with E-state index in [0.29, 0.717) is 18.0 Å². The molecule has 3 aromatic rings. The van der Waals surface area contributed by atoms with Gasteiger partial charge in [-0.15, -0.1) is 0 Å². The van der Waals surface area contributed by atoms with Crippen LogP contribution in [0.1, 0.15) is 23.6 Å². The first-order chi connectivity index (χ1) is 14.9. The Morgan fingerprint density at radius 3 is 2.29 bits per heavy atom. The second-order valence-electron chi connectivity index (χ2n) is 7.34. The molecule has 0 fully saturated rings. The Labute approximate surface area is 184 Å². The van der Waals surface area contributed by atoms with Crippen LogP contribution in [0.25, 0.3) is 0 Å². The molecule has 0 unspecified atom stereocenters. The fraction of sp³-hybridized carbons (Fsp3) is 0.304. The van der Waals surface area contributed by atoms with E-state index in [-0.39, 0.29) is 0 Å². The third-order valence-electron chi connectivity index (χ3n) is 4.77. The lowest BCUT2D eigenvalue weighted by molar-refractivity contribution is 0.602. The summed E-state index contributed by atoms with van der Waals surface area (Å²) in [4.78, 5) is 9.08. The summed E-state index contributed by atoms with van der Waals surface area (Å²) in [5.41, 5.74) is 3.44. The van der Waals surface area contributed by atoms with Crippen LogP contribution in [0.5, 0.6) is 0 Å². The number of nitrogens with zero attached hydrogens (tertiary/aromatic N) is 3. The van der Waals surface area contributed by atoms with E-state index in [1.807, 2.05) is 36.1 Å². The topological polar surface area (TPSA) is 88.4 Å². The van der Waals surface area contributed by atoms with Crippen molar-refractivity contribution in [3.05, 3.63) is 83.9 Å². The minimum atomic E-state index is -3.16. The van der Waals surface area contributed by atoms with Crippen LogP contribution in [0.2, 0.25) is 0 Å². The first-order valence-electron chi connectivity index (χ1n) is 10.3. The molecule has 2 N–H and O–H groups in total. The Balaban J connectivity index is 1.51. The average molecular weight is 440 g/mol. The molecule has 0 atom stereocenters. The van der Waals surface area contributed by atoms with Gasteiger partial charge in [-0.2, -0.15) is 0 Å². The molecule has 0 aliphatic carbocycles. The van der Waals surface area contributed by atoms with Gasteiger partial charge in [-0.1, -0.05) is 36.4 Å². The largest absolute Gasteiger partial charge is 0.357 e. The first kappa shape index (κ1) is 22.6. The number of aromatic nitrogens is 2. The molecule has 3 rings (SSSR count). The molecule has 0 aliphatic rings. The molecule has 0 saturated carbocycles. The zero-order valence-electron chi connectivity index (χ0n) is 18.0. The van der Waals surface area contributed by atoms with Gasteiger partial charge in [-0.3, -0.25) is 0 Å². The van der Waals surface area contributed by atoms with E-state index in [0.717, 1.165) is 36.6 Å². The fourth-order valence-corrected chi connectivity index (χ4v) is 3.71. The Morgan fingerprint density at radius 1 is 1.00 bits per heavy atom. The van der Waals surface area contributed by atoms with Gasteiger partial charge in [0.05, 0.1) is 17.8 Å². The van der Waals surface area contributed by atoms with Crippen LogP contribution in [0.4, 0.5) is 0 Å². The first-order valence-corrected chi connectivity index (χ1v) is 12.2. The summed E-state index contributed by atoms with van der Waals surface area (Å²) >= 11 is 0. The number of hydrogen-bond acceptors (Lipinski definition) is 4. The van der Waals surface area contributed by atoms with Gasteiger partial charge in [-0.05, 0) is 42.2 Å². The van der Waals surface area contributed by atoms with Crippen LogP contribution in [0.3, 0.4) is 0 Å². The van der Waals surface area contributed by atoms with Crippen LogP contribution in [-0.4, -0.2) is 43.3 Å². The maximum Gasteiger partial charge on any atom is 0.191 e. The minimum Gasteiger partial charge on any atom is -0.357 e. The van der Waals surface area contributed by atoms with Crippen molar-refractivity contribution in [2.24, 2.45) is 4.99 Å². The van der Waals surface area contributed by atoms with Crippen LogP contribution in [0, 0.1) is 0 Å². The van der Waals surface area contributed by atoms with Gasteiger partial charge < -0.3 is 15.2 Å². The van der Waals surface area contributed by atoms with Gasteiger partial charge in [0.2, 0.25) is 0 Å².